The highest BCUT2D eigenvalue weighted by Crippen LogP contribution is 2.26. The van der Waals surface area contributed by atoms with Gasteiger partial charge in [-0.1, -0.05) is 6.92 Å². The minimum atomic E-state index is -0.368. The fourth-order valence-corrected chi connectivity index (χ4v) is 2.09. The van der Waals surface area contributed by atoms with E-state index in [2.05, 4.69) is 5.32 Å². The van der Waals surface area contributed by atoms with Crippen molar-refractivity contribution in [2.75, 3.05) is 25.1 Å². The summed E-state index contributed by atoms with van der Waals surface area (Å²) in [6.07, 6.45) is 1.96. The molecule has 0 bridgehead atoms. The zero-order valence-electron chi connectivity index (χ0n) is 11.6. The van der Waals surface area contributed by atoms with Crippen LogP contribution in [0.25, 0.3) is 0 Å². The molecule has 1 unspecified atom stereocenters. The third kappa shape index (κ3) is 3.91. The van der Waals surface area contributed by atoms with Gasteiger partial charge in [0.25, 0.3) is 5.69 Å². The van der Waals surface area contributed by atoms with Gasteiger partial charge in [-0.25, -0.2) is 0 Å². The van der Waals surface area contributed by atoms with E-state index in [4.69, 9.17) is 9.47 Å². The zero-order chi connectivity index (χ0) is 14.4. The molecular weight excluding hydrogens is 260 g/mol. The van der Waals surface area contributed by atoms with Crippen LogP contribution in [-0.4, -0.2) is 30.8 Å². The van der Waals surface area contributed by atoms with Crippen molar-refractivity contribution >= 4 is 11.4 Å². The third-order valence-corrected chi connectivity index (χ3v) is 3.20. The lowest BCUT2D eigenvalue weighted by molar-refractivity contribution is -0.384. The number of benzene rings is 1. The van der Waals surface area contributed by atoms with Gasteiger partial charge < -0.3 is 14.8 Å². The van der Waals surface area contributed by atoms with Crippen molar-refractivity contribution in [3.63, 3.8) is 0 Å². The Labute approximate surface area is 118 Å². The summed E-state index contributed by atoms with van der Waals surface area (Å²) in [7, 11) is 0. The molecule has 1 aromatic rings. The first-order valence-corrected chi connectivity index (χ1v) is 6.91. The van der Waals surface area contributed by atoms with Gasteiger partial charge >= 0.3 is 0 Å². The Morgan fingerprint density at radius 3 is 3.05 bits per heavy atom. The van der Waals surface area contributed by atoms with Gasteiger partial charge in [-0.3, -0.25) is 10.1 Å². The number of nitro benzene ring substituents is 1. The largest absolute Gasteiger partial charge is 0.379 e. The zero-order valence-corrected chi connectivity index (χ0v) is 11.6. The standard InChI is InChI=1S/C14H20N2O4/c1-2-6-15-13-8-11(3-4-14(13)16(17)18)9-20-12-5-7-19-10-12/h3-4,8,12,15H,2,5-7,9-10H2,1H3. The van der Waals surface area contributed by atoms with Gasteiger partial charge in [0.2, 0.25) is 0 Å². The molecule has 2 rings (SSSR count). The first-order chi connectivity index (χ1) is 9.70. The number of rotatable bonds is 7. The molecule has 20 heavy (non-hydrogen) atoms. The quantitative estimate of drug-likeness (QED) is 0.614. The van der Waals surface area contributed by atoms with Crippen molar-refractivity contribution in [1.82, 2.24) is 0 Å². The highest BCUT2D eigenvalue weighted by Gasteiger charge is 2.17. The van der Waals surface area contributed by atoms with Gasteiger partial charge in [-0.15, -0.1) is 0 Å². The first kappa shape index (κ1) is 14.7. The van der Waals surface area contributed by atoms with Crippen molar-refractivity contribution < 1.29 is 14.4 Å². The van der Waals surface area contributed by atoms with Gasteiger partial charge in [-0.2, -0.15) is 0 Å². The van der Waals surface area contributed by atoms with Gasteiger partial charge in [0, 0.05) is 19.2 Å². The van der Waals surface area contributed by atoms with E-state index in [1.54, 1.807) is 12.1 Å². The summed E-state index contributed by atoms with van der Waals surface area (Å²) in [6, 6.07) is 5.07. The number of ether oxygens (including phenoxy) is 2. The Morgan fingerprint density at radius 1 is 1.55 bits per heavy atom. The minimum Gasteiger partial charge on any atom is -0.379 e. The van der Waals surface area contributed by atoms with Crippen molar-refractivity contribution in [1.29, 1.82) is 0 Å². The topological polar surface area (TPSA) is 73.6 Å². The SMILES string of the molecule is CCCNc1cc(COC2CCOC2)ccc1[N+](=O)[O-]. The molecule has 1 fully saturated rings. The number of hydrogen-bond acceptors (Lipinski definition) is 5. The number of nitrogens with zero attached hydrogens (tertiary/aromatic N) is 1. The van der Waals surface area contributed by atoms with E-state index in [1.165, 1.54) is 6.07 Å². The Hall–Kier alpha value is -1.66. The van der Waals surface area contributed by atoms with E-state index in [1.807, 2.05) is 6.92 Å². The maximum absolute atomic E-state index is 11.0. The molecule has 6 nitrogen and oxygen atoms in total. The summed E-state index contributed by atoms with van der Waals surface area (Å²) < 4.78 is 11.0. The van der Waals surface area contributed by atoms with E-state index in [9.17, 15) is 10.1 Å². The minimum absolute atomic E-state index is 0.103. The number of hydrogen-bond donors (Lipinski definition) is 1. The predicted molar refractivity (Wildman–Crippen MR) is 75.9 cm³/mol. The molecule has 0 amide bonds. The third-order valence-electron chi connectivity index (χ3n) is 3.20. The van der Waals surface area contributed by atoms with Gasteiger partial charge in [0.15, 0.2) is 0 Å². The monoisotopic (exact) mass is 280 g/mol. The van der Waals surface area contributed by atoms with Gasteiger partial charge in [0.1, 0.15) is 5.69 Å². The van der Waals surface area contributed by atoms with Crippen LogP contribution >= 0.6 is 0 Å². The van der Waals surface area contributed by atoms with Crippen LogP contribution in [-0.2, 0) is 16.1 Å². The maximum atomic E-state index is 11.0. The number of nitrogens with one attached hydrogen (secondary N) is 1. The van der Waals surface area contributed by atoms with Crippen LogP contribution in [0.3, 0.4) is 0 Å². The highest BCUT2D eigenvalue weighted by atomic mass is 16.6. The van der Waals surface area contributed by atoms with Crippen LogP contribution in [0.5, 0.6) is 0 Å². The lowest BCUT2D eigenvalue weighted by Gasteiger charge is -2.11. The van der Waals surface area contributed by atoms with Gasteiger partial charge in [0.05, 0.1) is 24.2 Å². The smallest absolute Gasteiger partial charge is 0.292 e. The molecule has 1 aliphatic rings. The fourth-order valence-electron chi connectivity index (χ4n) is 2.09. The Kier molecular flexibility index (Phi) is 5.31. The molecule has 0 aromatic heterocycles. The van der Waals surface area contributed by atoms with E-state index in [0.29, 0.717) is 25.4 Å². The fraction of sp³-hybridized carbons (Fsp3) is 0.571. The molecule has 0 spiro atoms. The Balaban J connectivity index is 2.03. The normalized spacial score (nSPS) is 18.1. The average molecular weight is 280 g/mol. The molecule has 0 radical (unpaired) electrons. The second-order valence-corrected chi connectivity index (χ2v) is 4.83. The first-order valence-electron chi connectivity index (χ1n) is 6.91. The molecule has 1 saturated heterocycles. The summed E-state index contributed by atoms with van der Waals surface area (Å²) in [5.41, 5.74) is 1.59. The molecule has 1 heterocycles. The molecule has 1 atom stereocenters. The van der Waals surface area contributed by atoms with Crippen LogP contribution in [0.15, 0.2) is 18.2 Å². The second-order valence-electron chi connectivity index (χ2n) is 4.83. The van der Waals surface area contributed by atoms with Crippen LogP contribution in [0.4, 0.5) is 11.4 Å². The van der Waals surface area contributed by atoms with E-state index in [-0.39, 0.29) is 16.7 Å². The van der Waals surface area contributed by atoms with Crippen LogP contribution < -0.4 is 5.32 Å². The summed E-state index contributed by atoms with van der Waals surface area (Å²) in [5.74, 6) is 0. The lowest BCUT2D eigenvalue weighted by atomic mass is 10.1. The van der Waals surface area contributed by atoms with Crippen LogP contribution in [0.2, 0.25) is 0 Å². The molecule has 1 N–H and O–H groups in total. The summed E-state index contributed by atoms with van der Waals surface area (Å²) >= 11 is 0. The van der Waals surface area contributed by atoms with E-state index < -0.39 is 0 Å². The Bertz CT molecular complexity index is 458. The van der Waals surface area contributed by atoms with Crippen molar-refractivity contribution in [2.45, 2.75) is 32.5 Å². The number of anilines is 1. The maximum Gasteiger partial charge on any atom is 0.292 e. The van der Waals surface area contributed by atoms with Gasteiger partial charge in [-0.05, 0) is 30.5 Å². The molecule has 110 valence electrons. The lowest BCUT2D eigenvalue weighted by Crippen LogP contribution is -2.12. The van der Waals surface area contributed by atoms with E-state index >= 15 is 0 Å². The predicted octanol–water partition coefficient (Wildman–Crippen LogP) is 2.72. The van der Waals surface area contributed by atoms with Crippen LogP contribution in [0, 0.1) is 10.1 Å². The second kappa shape index (κ2) is 7.21. The highest BCUT2D eigenvalue weighted by molar-refractivity contribution is 5.62. The average Bonchev–Trinajstić information content (AvgIpc) is 2.96. The van der Waals surface area contributed by atoms with Crippen molar-refractivity contribution in [3.8, 4) is 0 Å². The molecule has 0 aliphatic carbocycles. The summed E-state index contributed by atoms with van der Waals surface area (Å²) in [5, 5.41) is 14.1. The van der Waals surface area contributed by atoms with Crippen molar-refractivity contribution in [2.24, 2.45) is 0 Å². The summed E-state index contributed by atoms with van der Waals surface area (Å²) in [6.45, 7) is 4.56. The molecular formula is C14H20N2O4. The van der Waals surface area contributed by atoms with Crippen molar-refractivity contribution in [3.05, 3.63) is 33.9 Å². The Morgan fingerprint density at radius 2 is 2.40 bits per heavy atom. The summed E-state index contributed by atoms with van der Waals surface area (Å²) in [4.78, 5) is 10.6. The molecule has 1 aliphatic heterocycles. The molecule has 0 saturated carbocycles. The van der Waals surface area contributed by atoms with E-state index in [0.717, 1.165) is 25.0 Å². The number of nitro groups is 1. The molecule has 1 aromatic carbocycles. The molecule has 6 heteroatoms. The van der Waals surface area contributed by atoms with Crippen LogP contribution in [0.1, 0.15) is 25.3 Å².